The summed E-state index contributed by atoms with van der Waals surface area (Å²) in [6, 6.07) is 4.38. The van der Waals surface area contributed by atoms with E-state index in [1.54, 1.807) is 6.07 Å². The molecule has 0 fully saturated rings. The van der Waals surface area contributed by atoms with Crippen LogP contribution >= 0.6 is 0 Å². The molecule has 68 valence electrons. The average molecular weight is 185 g/mol. The van der Waals surface area contributed by atoms with E-state index in [1.807, 2.05) is 0 Å². The fourth-order valence-electron chi connectivity index (χ4n) is 1.36. The van der Waals surface area contributed by atoms with E-state index in [4.69, 9.17) is 6.42 Å². The van der Waals surface area contributed by atoms with E-state index in [9.17, 15) is 10.2 Å². The van der Waals surface area contributed by atoms with Crippen molar-refractivity contribution in [2.45, 2.75) is 0 Å². The lowest BCUT2D eigenvalue weighted by Gasteiger charge is -2.03. The summed E-state index contributed by atoms with van der Waals surface area (Å²) in [5.74, 6) is 2.46. The van der Waals surface area contributed by atoms with Gasteiger partial charge in [-0.3, -0.25) is 4.98 Å². The molecule has 0 spiro atoms. The first kappa shape index (κ1) is 8.39. The predicted octanol–water partition coefficient (Wildman–Crippen LogP) is 1.63. The normalized spacial score (nSPS) is 9.93. The molecule has 0 saturated carbocycles. The molecule has 2 N–H and O–H groups in total. The summed E-state index contributed by atoms with van der Waals surface area (Å²) in [6.07, 6.45) is 6.76. The summed E-state index contributed by atoms with van der Waals surface area (Å²) in [4.78, 5) is 3.94. The molecular weight excluding hydrogens is 178 g/mol. The van der Waals surface area contributed by atoms with Crippen molar-refractivity contribution in [3.63, 3.8) is 0 Å². The number of rotatable bonds is 0. The van der Waals surface area contributed by atoms with Crippen LogP contribution < -0.4 is 0 Å². The van der Waals surface area contributed by atoms with Crippen molar-refractivity contribution in [3.05, 3.63) is 30.0 Å². The van der Waals surface area contributed by atoms with Crippen LogP contribution in [0.5, 0.6) is 11.5 Å². The van der Waals surface area contributed by atoms with Gasteiger partial charge in [0, 0.05) is 11.8 Å². The number of terminal acetylenes is 1. The van der Waals surface area contributed by atoms with Crippen LogP contribution in [0.15, 0.2) is 24.4 Å². The minimum atomic E-state index is 0.00917. The van der Waals surface area contributed by atoms with E-state index in [-0.39, 0.29) is 11.5 Å². The zero-order chi connectivity index (χ0) is 10.1. The van der Waals surface area contributed by atoms with Crippen molar-refractivity contribution in [1.29, 1.82) is 0 Å². The number of aromatic nitrogens is 1. The Bertz CT molecular complexity index is 541. The van der Waals surface area contributed by atoms with E-state index >= 15 is 0 Å². The number of hydrogen-bond acceptors (Lipinski definition) is 3. The lowest BCUT2D eigenvalue weighted by atomic mass is 10.1. The average Bonchev–Trinajstić information content (AvgIpc) is 2.23. The Kier molecular flexibility index (Phi) is 1.76. The van der Waals surface area contributed by atoms with E-state index < -0.39 is 0 Å². The molecule has 3 nitrogen and oxygen atoms in total. The summed E-state index contributed by atoms with van der Waals surface area (Å²) in [5, 5.41) is 19.4. The van der Waals surface area contributed by atoms with Gasteiger partial charge >= 0.3 is 0 Å². The summed E-state index contributed by atoms with van der Waals surface area (Å²) < 4.78 is 0. The lowest BCUT2D eigenvalue weighted by Crippen LogP contribution is -1.84. The van der Waals surface area contributed by atoms with Crippen LogP contribution in [0.4, 0.5) is 0 Å². The van der Waals surface area contributed by atoms with Gasteiger partial charge in [0.2, 0.25) is 0 Å². The SMILES string of the molecule is C#Cc1ccnc2c(O)ccc(O)c12. The van der Waals surface area contributed by atoms with Crippen LogP contribution in [-0.2, 0) is 0 Å². The van der Waals surface area contributed by atoms with Gasteiger partial charge in [0.15, 0.2) is 0 Å². The van der Waals surface area contributed by atoms with Gasteiger partial charge in [0.25, 0.3) is 0 Å². The molecule has 0 aliphatic rings. The summed E-state index contributed by atoms with van der Waals surface area (Å²) in [6.45, 7) is 0. The fraction of sp³-hybridized carbons (Fsp3) is 0. The highest BCUT2D eigenvalue weighted by Gasteiger charge is 2.08. The Balaban J connectivity index is 3.01. The van der Waals surface area contributed by atoms with Crippen molar-refractivity contribution in [2.75, 3.05) is 0 Å². The second kappa shape index (κ2) is 2.93. The molecule has 2 aromatic rings. The third-order valence-electron chi connectivity index (χ3n) is 2.00. The standard InChI is InChI=1S/C11H7NO2/c1-2-7-5-6-12-11-9(14)4-3-8(13)10(7)11/h1,3-6,13-14H. The molecule has 0 bridgehead atoms. The third-order valence-corrected chi connectivity index (χ3v) is 2.00. The lowest BCUT2D eigenvalue weighted by molar-refractivity contribution is 0.468. The van der Waals surface area contributed by atoms with Gasteiger partial charge in [-0.05, 0) is 18.2 Å². The number of benzene rings is 1. The minimum absolute atomic E-state index is 0.00917. The highest BCUT2D eigenvalue weighted by Crippen LogP contribution is 2.31. The van der Waals surface area contributed by atoms with Gasteiger partial charge in [-0.2, -0.15) is 0 Å². The van der Waals surface area contributed by atoms with E-state index in [0.29, 0.717) is 16.5 Å². The van der Waals surface area contributed by atoms with Crippen LogP contribution in [-0.4, -0.2) is 15.2 Å². The number of nitrogens with zero attached hydrogens (tertiary/aromatic N) is 1. The second-order valence-corrected chi connectivity index (χ2v) is 2.83. The highest BCUT2D eigenvalue weighted by atomic mass is 16.3. The topological polar surface area (TPSA) is 53.4 Å². The molecule has 0 aliphatic carbocycles. The number of aromatic hydroxyl groups is 2. The fourth-order valence-corrected chi connectivity index (χ4v) is 1.36. The van der Waals surface area contributed by atoms with Gasteiger partial charge < -0.3 is 10.2 Å². The number of hydrogen-bond donors (Lipinski definition) is 2. The first-order valence-electron chi connectivity index (χ1n) is 4.00. The molecule has 1 aromatic heterocycles. The molecule has 0 amide bonds. The maximum absolute atomic E-state index is 9.56. The largest absolute Gasteiger partial charge is 0.507 e. The van der Waals surface area contributed by atoms with E-state index in [2.05, 4.69) is 10.9 Å². The number of phenolic OH excluding ortho intramolecular Hbond substituents is 2. The van der Waals surface area contributed by atoms with Crippen molar-refractivity contribution in [2.24, 2.45) is 0 Å². The van der Waals surface area contributed by atoms with Gasteiger partial charge in [0.1, 0.15) is 17.0 Å². The molecule has 0 aliphatic heterocycles. The molecule has 1 heterocycles. The smallest absolute Gasteiger partial charge is 0.142 e. The summed E-state index contributed by atoms with van der Waals surface area (Å²) in [7, 11) is 0. The quantitative estimate of drug-likeness (QED) is 0.484. The Morgan fingerprint density at radius 1 is 1.14 bits per heavy atom. The van der Waals surface area contributed by atoms with Crippen molar-refractivity contribution in [1.82, 2.24) is 4.98 Å². The molecular formula is C11H7NO2. The Morgan fingerprint density at radius 3 is 2.57 bits per heavy atom. The molecule has 2 rings (SSSR count). The molecule has 0 saturated heterocycles. The van der Waals surface area contributed by atoms with Crippen LogP contribution in [0.25, 0.3) is 10.9 Å². The molecule has 0 radical (unpaired) electrons. The monoisotopic (exact) mass is 185 g/mol. The predicted molar refractivity (Wildman–Crippen MR) is 53.0 cm³/mol. The summed E-state index contributed by atoms with van der Waals surface area (Å²) in [5.41, 5.74) is 0.837. The Labute approximate surface area is 80.7 Å². The second-order valence-electron chi connectivity index (χ2n) is 2.83. The van der Waals surface area contributed by atoms with Crippen LogP contribution in [0, 0.1) is 12.3 Å². The molecule has 0 atom stereocenters. The van der Waals surface area contributed by atoms with Gasteiger partial charge in [0.05, 0.1) is 5.39 Å². The van der Waals surface area contributed by atoms with Crippen molar-refractivity contribution >= 4 is 10.9 Å². The minimum Gasteiger partial charge on any atom is -0.507 e. The van der Waals surface area contributed by atoms with Crippen LogP contribution in [0.1, 0.15) is 5.56 Å². The van der Waals surface area contributed by atoms with Gasteiger partial charge in [-0.25, -0.2) is 0 Å². The van der Waals surface area contributed by atoms with E-state index in [1.165, 1.54) is 18.3 Å². The third kappa shape index (κ3) is 1.05. The number of fused-ring (bicyclic) bond motifs is 1. The number of phenols is 2. The highest BCUT2D eigenvalue weighted by molar-refractivity contribution is 5.94. The molecule has 0 unspecified atom stereocenters. The zero-order valence-corrected chi connectivity index (χ0v) is 7.23. The molecule has 14 heavy (non-hydrogen) atoms. The molecule has 1 aromatic carbocycles. The maximum Gasteiger partial charge on any atom is 0.142 e. The van der Waals surface area contributed by atoms with Crippen LogP contribution in [0.2, 0.25) is 0 Å². The van der Waals surface area contributed by atoms with Crippen LogP contribution in [0.3, 0.4) is 0 Å². The zero-order valence-electron chi connectivity index (χ0n) is 7.23. The molecule has 3 heteroatoms. The maximum atomic E-state index is 9.56. The van der Waals surface area contributed by atoms with Gasteiger partial charge in [-0.1, -0.05) is 5.92 Å². The van der Waals surface area contributed by atoms with Crippen molar-refractivity contribution in [3.8, 4) is 23.8 Å². The van der Waals surface area contributed by atoms with Crippen molar-refractivity contribution < 1.29 is 10.2 Å². The first-order valence-corrected chi connectivity index (χ1v) is 4.00. The van der Waals surface area contributed by atoms with Gasteiger partial charge in [-0.15, -0.1) is 6.42 Å². The van der Waals surface area contributed by atoms with E-state index in [0.717, 1.165) is 0 Å². The first-order chi connectivity index (χ1) is 6.74. The Morgan fingerprint density at radius 2 is 1.86 bits per heavy atom. The number of pyridine rings is 1. The summed E-state index contributed by atoms with van der Waals surface area (Å²) >= 11 is 0. The Hall–Kier alpha value is -2.21.